The van der Waals surface area contributed by atoms with Gasteiger partial charge in [-0.2, -0.15) is 0 Å². The van der Waals surface area contributed by atoms with E-state index in [0.29, 0.717) is 11.3 Å². The SMILES string of the molecule is COc1cc(-c2cccc(Br)c2C)cc(F)c1CN. The third-order valence-corrected chi connectivity index (χ3v) is 4.02. The van der Waals surface area contributed by atoms with E-state index in [1.807, 2.05) is 31.2 Å². The molecule has 0 radical (unpaired) electrons. The standard InChI is InChI=1S/C15H15BrFNO/c1-9-11(4-3-5-13(9)16)10-6-14(17)12(8-18)15(7-10)19-2/h3-7H,8,18H2,1-2H3. The summed E-state index contributed by atoms with van der Waals surface area (Å²) < 4.78 is 20.3. The molecular weight excluding hydrogens is 309 g/mol. The molecule has 0 fully saturated rings. The minimum Gasteiger partial charge on any atom is -0.496 e. The molecule has 4 heteroatoms. The number of rotatable bonds is 3. The highest BCUT2D eigenvalue weighted by molar-refractivity contribution is 9.10. The lowest BCUT2D eigenvalue weighted by Crippen LogP contribution is -2.03. The van der Waals surface area contributed by atoms with Gasteiger partial charge >= 0.3 is 0 Å². The number of benzene rings is 2. The van der Waals surface area contributed by atoms with Crippen LogP contribution in [-0.2, 0) is 6.54 Å². The number of nitrogens with two attached hydrogens (primary N) is 1. The predicted molar refractivity (Wildman–Crippen MR) is 78.7 cm³/mol. The van der Waals surface area contributed by atoms with E-state index in [1.54, 1.807) is 0 Å². The van der Waals surface area contributed by atoms with E-state index >= 15 is 0 Å². The molecular formula is C15H15BrFNO. The van der Waals surface area contributed by atoms with Crippen molar-refractivity contribution in [2.45, 2.75) is 13.5 Å². The van der Waals surface area contributed by atoms with Crippen molar-refractivity contribution in [2.24, 2.45) is 5.73 Å². The summed E-state index contributed by atoms with van der Waals surface area (Å²) in [5, 5.41) is 0. The Bertz CT molecular complexity index is 613. The topological polar surface area (TPSA) is 35.2 Å². The molecule has 2 rings (SSSR count). The summed E-state index contributed by atoms with van der Waals surface area (Å²) in [4.78, 5) is 0. The average molecular weight is 324 g/mol. The van der Waals surface area contributed by atoms with Crippen molar-refractivity contribution in [1.29, 1.82) is 0 Å². The highest BCUT2D eigenvalue weighted by Crippen LogP contribution is 2.33. The lowest BCUT2D eigenvalue weighted by molar-refractivity contribution is 0.405. The van der Waals surface area contributed by atoms with Crippen molar-refractivity contribution >= 4 is 15.9 Å². The summed E-state index contributed by atoms with van der Waals surface area (Å²) in [5.41, 5.74) is 8.75. The summed E-state index contributed by atoms with van der Waals surface area (Å²) in [6, 6.07) is 9.16. The molecule has 0 amide bonds. The largest absolute Gasteiger partial charge is 0.496 e. The third kappa shape index (κ3) is 2.65. The molecule has 0 aromatic heterocycles. The van der Waals surface area contributed by atoms with Gasteiger partial charge in [-0.05, 0) is 41.8 Å². The summed E-state index contributed by atoms with van der Waals surface area (Å²) in [7, 11) is 1.52. The van der Waals surface area contributed by atoms with Crippen LogP contribution in [0.3, 0.4) is 0 Å². The van der Waals surface area contributed by atoms with Gasteiger partial charge in [-0.15, -0.1) is 0 Å². The van der Waals surface area contributed by atoms with Gasteiger partial charge in [0.1, 0.15) is 11.6 Å². The van der Waals surface area contributed by atoms with E-state index in [0.717, 1.165) is 21.2 Å². The van der Waals surface area contributed by atoms with Crippen LogP contribution < -0.4 is 10.5 Å². The van der Waals surface area contributed by atoms with Crippen LogP contribution >= 0.6 is 15.9 Å². The fraction of sp³-hybridized carbons (Fsp3) is 0.200. The van der Waals surface area contributed by atoms with E-state index in [9.17, 15) is 4.39 Å². The van der Waals surface area contributed by atoms with Crippen LogP contribution in [0.1, 0.15) is 11.1 Å². The predicted octanol–water partition coefficient (Wildman–Crippen LogP) is 4.03. The Kier molecular flexibility index (Phi) is 4.22. The van der Waals surface area contributed by atoms with Gasteiger partial charge in [0.05, 0.1) is 7.11 Å². The molecule has 0 atom stereocenters. The maximum absolute atomic E-state index is 14.0. The number of methoxy groups -OCH3 is 1. The van der Waals surface area contributed by atoms with E-state index in [4.69, 9.17) is 10.5 Å². The fourth-order valence-electron chi connectivity index (χ4n) is 2.07. The number of hydrogen-bond donors (Lipinski definition) is 1. The zero-order valence-corrected chi connectivity index (χ0v) is 12.4. The van der Waals surface area contributed by atoms with Crippen LogP contribution in [0, 0.1) is 12.7 Å². The second-order valence-electron chi connectivity index (χ2n) is 4.26. The Morgan fingerprint density at radius 1 is 1.32 bits per heavy atom. The molecule has 0 aliphatic heterocycles. The normalized spacial score (nSPS) is 10.6. The van der Waals surface area contributed by atoms with Crippen molar-refractivity contribution in [3.8, 4) is 16.9 Å². The number of halogens is 2. The van der Waals surface area contributed by atoms with Crippen LogP contribution in [0.5, 0.6) is 5.75 Å². The molecule has 0 saturated carbocycles. The molecule has 0 aliphatic carbocycles. The van der Waals surface area contributed by atoms with Gasteiger partial charge in [0.25, 0.3) is 0 Å². The zero-order chi connectivity index (χ0) is 14.0. The molecule has 19 heavy (non-hydrogen) atoms. The van der Waals surface area contributed by atoms with Gasteiger partial charge in [0.2, 0.25) is 0 Å². The molecule has 2 N–H and O–H groups in total. The highest BCUT2D eigenvalue weighted by atomic mass is 79.9. The average Bonchev–Trinajstić information content (AvgIpc) is 2.40. The van der Waals surface area contributed by atoms with Gasteiger partial charge in [0.15, 0.2) is 0 Å². The van der Waals surface area contributed by atoms with Crippen LogP contribution in [0.25, 0.3) is 11.1 Å². The monoisotopic (exact) mass is 323 g/mol. The Labute approximate surface area is 120 Å². The van der Waals surface area contributed by atoms with E-state index in [-0.39, 0.29) is 12.4 Å². The number of ether oxygens (including phenoxy) is 1. The molecule has 0 bridgehead atoms. The molecule has 0 spiro atoms. The van der Waals surface area contributed by atoms with Crippen molar-refractivity contribution in [3.05, 3.63) is 51.7 Å². The van der Waals surface area contributed by atoms with Crippen molar-refractivity contribution in [1.82, 2.24) is 0 Å². The fourth-order valence-corrected chi connectivity index (χ4v) is 2.43. The first kappa shape index (κ1) is 14.0. The lowest BCUT2D eigenvalue weighted by atomic mass is 9.98. The second-order valence-corrected chi connectivity index (χ2v) is 5.11. The van der Waals surface area contributed by atoms with E-state index < -0.39 is 0 Å². The molecule has 0 aliphatic rings. The lowest BCUT2D eigenvalue weighted by Gasteiger charge is -2.13. The third-order valence-electron chi connectivity index (χ3n) is 3.16. The second kappa shape index (κ2) is 5.72. The first-order chi connectivity index (χ1) is 9.08. The minimum atomic E-state index is -0.337. The van der Waals surface area contributed by atoms with Crippen LogP contribution in [0.15, 0.2) is 34.8 Å². The summed E-state index contributed by atoms with van der Waals surface area (Å²) in [6.45, 7) is 2.10. The Balaban J connectivity index is 2.63. The van der Waals surface area contributed by atoms with Gasteiger partial charge in [-0.25, -0.2) is 4.39 Å². The zero-order valence-electron chi connectivity index (χ0n) is 10.8. The molecule has 2 nitrogen and oxygen atoms in total. The van der Waals surface area contributed by atoms with E-state index in [1.165, 1.54) is 13.2 Å². The minimum absolute atomic E-state index is 0.118. The maximum Gasteiger partial charge on any atom is 0.132 e. The quantitative estimate of drug-likeness (QED) is 0.925. The first-order valence-corrected chi connectivity index (χ1v) is 6.69. The molecule has 0 heterocycles. The smallest absolute Gasteiger partial charge is 0.132 e. The van der Waals surface area contributed by atoms with Gasteiger partial charge in [-0.3, -0.25) is 0 Å². The van der Waals surface area contributed by atoms with Crippen LogP contribution in [0.4, 0.5) is 4.39 Å². The van der Waals surface area contributed by atoms with E-state index in [2.05, 4.69) is 15.9 Å². The summed E-state index contributed by atoms with van der Waals surface area (Å²) >= 11 is 3.48. The van der Waals surface area contributed by atoms with Crippen molar-refractivity contribution in [2.75, 3.05) is 7.11 Å². The maximum atomic E-state index is 14.0. The van der Waals surface area contributed by atoms with Crippen LogP contribution in [0.2, 0.25) is 0 Å². The Morgan fingerprint density at radius 2 is 2.05 bits per heavy atom. The molecule has 100 valence electrons. The molecule has 0 saturated heterocycles. The van der Waals surface area contributed by atoms with Crippen molar-refractivity contribution < 1.29 is 9.13 Å². The molecule has 2 aromatic carbocycles. The van der Waals surface area contributed by atoms with Crippen LogP contribution in [-0.4, -0.2) is 7.11 Å². The van der Waals surface area contributed by atoms with Crippen molar-refractivity contribution in [3.63, 3.8) is 0 Å². The molecule has 0 unspecified atom stereocenters. The summed E-state index contributed by atoms with van der Waals surface area (Å²) in [6.07, 6.45) is 0. The Hall–Kier alpha value is -1.39. The summed E-state index contributed by atoms with van der Waals surface area (Å²) in [5.74, 6) is 0.146. The molecule has 2 aromatic rings. The number of hydrogen-bond acceptors (Lipinski definition) is 2. The van der Waals surface area contributed by atoms with Gasteiger partial charge in [0, 0.05) is 16.6 Å². The van der Waals surface area contributed by atoms with Gasteiger partial charge < -0.3 is 10.5 Å². The Morgan fingerprint density at radius 3 is 2.68 bits per heavy atom. The highest BCUT2D eigenvalue weighted by Gasteiger charge is 2.13. The van der Waals surface area contributed by atoms with Gasteiger partial charge in [-0.1, -0.05) is 28.1 Å². The first-order valence-electron chi connectivity index (χ1n) is 5.90.